The predicted octanol–water partition coefficient (Wildman–Crippen LogP) is 2.47. The maximum atomic E-state index is 13.1. The molecular weight excluding hydrogens is 436 g/mol. The average molecular weight is 463 g/mol. The molecule has 3 aromatic rings. The lowest BCUT2D eigenvalue weighted by atomic mass is 9.89. The van der Waals surface area contributed by atoms with Gasteiger partial charge in [0, 0.05) is 32.4 Å². The molecule has 5 rings (SSSR count). The van der Waals surface area contributed by atoms with Crippen molar-refractivity contribution in [3.63, 3.8) is 0 Å². The van der Waals surface area contributed by atoms with Crippen LogP contribution in [0.5, 0.6) is 0 Å². The number of nitrogens with zero attached hydrogens (tertiary/aromatic N) is 6. The Morgan fingerprint density at radius 1 is 0.853 bits per heavy atom. The number of aromatic carboxylic acids is 1. The first-order chi connectivity index (χ1) is 16.5. The quantitative estimate of drug-likeness (QED) is 0.632. The molecule has 0 atom stereocenters. The summed E-state index contributed by atoms with van der Waals surface area (Å²) in [6, 6.07) is 4.09. The van der Waals surface area contributed by atoms with Crippen LogP contribution in [0.15, 0.2) is 36.9 Å². The highest BCUT2D eigenvalue weighted by molar-refractivity contribution is 6.00. The Hall–Kier alpha value is -3.82. The molecule has 0 unspecified atom stereocenters. The van der Waals surface area contributed by atoms with Crippen LogP contribution in [0.25, 0.3) is 5.52 Å². The number of amides is 2. The number of likely N-dealkylation sites (tertiary alicyclic amines) is 2. The number of carbonyl (C=O) groups excluding carboxylic acids is 2. The van der Waals surface area contributed by atoms with E-state index in [4.69, 9.17) is 5.11 Å². The number of hydrogen-bond donors (Lipinski definition) is 1. The molecule has 2 aliphatic rings. The lowest BCUT2D eigenvalue weighted by Crippen LogP contribution is -2.38. The molecule has 0 bridgehead atoms. The molecule has 0 radical (unpaired) electrons. The van der Waals surface area contributed by atoms with Crippen molar-refractivity contribution in [2.24, 2.45) is 0 Å². The zero-order valence-electron chi connectivity index (χ0n) is 18.8. The van der Waals surface area contributed by atoms with Crippen molar-refractivity contribution in [2.75, 3.05) is 26.2 Å². The molecular formula is C24H26N6O4. The number of piperidine rings is 2. The van der Waals surface area contributed by atoms with Gasteiger partial charge in [0.25, 0.3) is 11.8 Å². The Labute approximate surface area is 196 Å². The number of carboxylic acid groups (broad SMARTS) is 1. The minimum Gasteiger partial charge on any atom is -0.476 e. The van der Waals surface area contributed by atoms with Crippen molar-refractivity contribution in [3.05, 3.63) is 59.4 Å². The third kappa shape index (κ3) is 4.23. The van der Waals surface area contributed by atoms with E-state index in [1.165, 1.54) is 12.6 Å². The van der Waals surface area contributed by atoms with Crippen LogP contribution in [0.1, 0.15) is 74.9 Å². The molecule has 1 N–H and O–H groups in total. The normalized spacial score (nSPS) is 17.2. The van der Waals surface area contributed by atoms with E-state index in [9.17, 15) is 14.4 Å². The van der Waals surface area contributed by atoms with Crippen LogP contribution in [0.3, 0.4) is 0 Å². The Morgan fingerprint density at radius 2 is 1.53 bits per heavy atom. The number of rotatable bonds is 4. The third-order valence-electron chi connectivity index (χ3n) is 6.76. The second kappa shape index (κ2) is 9.20. The predicted molar refractivity (Wildman–Crippen MR) is 122 cm³/mol. The summed E-state index contributed by atoms with van der Waals surface area (Å²) in [4.78, 5) is 48.1. The first-order valence-corrected chi connectivity index (χ1v) is 11.6. The summed E-state index contributed by atoms with van der Waals surface area (Å²) >= 11 is 0. The van der Waals surface area contributed by atoms with Gasteiger partial charge >= 0.3 is 5.97 Å². The van der Waals surface area contributed by atoms with Gasteiger partial charge in [0.15, 0.2) is 5.69 Å². The number of carbonyl (C=O) groups is 3. The maximum absolute atomic E-state index is 13.1. The molecule has 0 saturated carbocycles. The maximum Gasteiger partial charge on any atom is 0.356 e. The molecule has 2 fully saturated rings. The van der Waals surface area contributed by atoms with Gasteiger partial charge in [-0.15, -0.1) is 0 Å². The highest BCUT2D eigenvalue weighted by Crippen LogP contribution is 2.30. The van der Waals surface area contributed by atoms with Gasteiger partial charge in [-0.1, -0.05) is 0 Å². The van der Waals surface area contributed by atoms with E-state index >= 15 is 0 Å². The van der Waals surface area contributed by atoms with E-state index in [1.807, 2.05) is 17.2 Å². The topological polar surface area (TPSA) is 121 Å². The molecule has 34 heavy (non-hydrogen) atoms. The summed E-state index contributed by atoms with van der Waals surface area (Å²) in [6.07, 6.45) is 10.7. The smallest absolute Gasteiger partial charge is 0.356 e. The molecule has 0 aromatic carbocycles. The zero-order valence-corrected chi connectivity index (χ0v) is 18.8. The molecule has 0 spiro atoms. The second-order valence-corrected chi connectivity index (χ2v) is 8.86. The first kappa shape index (κ1) is 22.0. The van der Waals surface area contributed by atoms with Gasteiger partial charge in [-0.3, -0.25) is 9.59 Å². The van der Waals surface area contributed by atoms with Crippen molar-refractivity contribution in [1.29, 1.82) is 0 Å². The van der Waals surface area contributed by atoms with Gasteiger partial charge in [0.2, 0.25) is 0 Å². The van der Waals surface area contributed by atoms with Crippen LogP contribution in [0, 0.1) is 0 Å². The van der Waals surface area contributed by atoms with Gasteiger partial charge in [-0.2, -0.15) is 5.10 Å². The fourth-order valence-corrected chi connectivity index (χ4v) is 4.81. The zero-order chi connectivity index (χ0) is 23.7. The van der Waals surface area contributed by atoms with Crippen molar-refractivity contribution in [1.82, 2.24) is 29.4 Å². The van der Waals surface area contributed by atoms with Crippen LogP contribution >= 0.6 is 0 Å². The van der Waals surface area contributed by atoms with Gasteiger partial charge in [0.1, 0.15) is 5.69 Å². The fourth-order valence-electron chi connectivity index (χ4n) is 4.81. The van der Waals surface area contributed by atoms with Crippen LogP contribution in [-0.4, -0.2) is 78.5 Å². The monoisotopic (exact) mass is 462 g/mol. The minimum absolute atomic E-state index is 0.0438. The third-order valence-corrected chi connectivity index (χ3v) is 6.76. The molecule has 10 nitrogen and oxygen atoms in total. The summed E-state index contributed by atoms with van der Waals surface area (Å²) in [5, 5.41) is 13.3. The van der Waals surface area contributed by atoms with Gasteiger partial charge in [-0.05, 0) is 55.7 Å². The summed E-state index contributed by atoms with van der Waals surface area (Å²) in [6.45, 7) is 2.73. The van der Waals surface area contributed by atoms with E-state index < -0.39 is 5.97 Å². The summed E-state index contributed by atoms with van der Waals surface area (Å²) in [5.74, 6) is -1.11. The number of aromatic nitrogens is 4. The van der Waals surface area contributed by atoms with Gasteiger partial charge < -0.3 is 14.9 Å². The first-order valence-electron chi connectivity index (χ1n) is 11.6. The molecule has 176 valence electrons. The Balaban J connectivity index is 1.27. The van der Waals surface area contributed by atoms with Crippen LogP contribution in [-0.2, 0) is 0 Å². The highest BCUT2D eigenvalue weighted by Gasteiger charge is 2.27. The van der Waals surface area contributed by atoms with Gasteiger partial charge in [0.05, 0.1) is 29.7 Å². The van der Waals surface area contributed by atoms with E-state index in [2.05, 4.69) is 21.1 Å². The summed E-state index contributed by atoms with van der Waals surface area (Å²) in [7, 11) is 0. The van der Waals surface area contributed by atoms with Crippen molar-refractivity contribution >= 4 is 23.3 Å². The average Bonchev–Trinajstić information content (AvgIpc) is 3.32. The Bertz CT molecular complexity index is 1220. The molecule has 2 saturated heterocycles. The Morgan fingerprint density at radius 3 is 2.21 bits per heavy atom. The van der Waals surface area contributed by atoms with E-state index in [-0.39, 0.29) is 29.1 Å². The minimum atomic E-state index is -1.18. The van der Waals surface area contributed by atoms with Crippen molar-refractivity contribution in [3.8, 4) is 0 Å². The largest absolute Gasteiger partial charge is 0.476 e. The van der Waals surface area contributed by atoms with Crippen LogP contribution < -0.4 is 0 Å². The standard InChI is InChI=1S/C24H26N6O4/c31-22(28-7-2-1-3-8-28)18-13-27-30-11-6-17(12-21(18)30)16-4-9-29(10-5-16)23(32)19-14-26-20(15-25-19)24(33)34/h6,11-16H,1-5,7-10H2,(H,33,34). The number of hydrogen-bond acceptors (Lipinski definition) is 6. The molecule has 2 amide bonds. The van der Waals surface area contributed by atoms with Crippen molar-refractivity contribution < 1.29 is 19.5 Å². The molecule has 10 heteroatoms. The highest BCUT2D eigenvalue weighted by atomic mass is 16.4. The van der Waals surface area contributed by atoms with E-state index in [1.54, 1.807) is 15.6 Å². The van der Waals surface area contributed by atoms with Crippen LogP contribution in [0.4, 0.5) is 0 Å². The van der Waals surface area contributed by atoms with Crippen molar-refractivity contribution in [2.45, 2.75) is 38.0 Å². The lowest BCUT2D eigenvalue weighted by molar-refractivity contribution is 0.0679. The molecule has 3 aromatic heterocycles. The molecule has 2 aliphatic heterocycles. The summed E-state index contributed by atoms with van der Waals surface area (Å²) in [5.41, 5.74) is 2.55. The van der Waals surface area contributed by atoms with E-state index in [0.29, 0.717) is 18.7 Å². The SMILES string of the molecule is O=C(O)c1cnc(C(=O)N2CCC(c3ccn4ncc(C(=O)N5CCCCC5)c4c3)CC2)cn1. The molecule has 5 heterocycles. The molecule has 0 aliphatic carbocycles. The van der Waals surface area contributed by atoms with Crippen LogP contribution in [0.2, 0.25) is 0 Å². The van der Waals surface area contributed by atoms with Gasteiger partial charge in [-0.25, -0.2) is 19.3 Å². The Kier molecular flexibility index (Phi) is 5.95. The summed E-state index contributed by atoms with van der Waals surface area (Å²) < 4.78 is 1.75. The number of carboxylic acids is 1. The second-order valence-electron chi connectivity index (χ2n) is 8.86. The fraction of sp³-hybridized carbons (Fsp3) is 0.417. The van der Waals surface area contributed by atoms with E-state index in [0.717, 1.165) is 56.0 Å². The number of fused-ring (bicyclic) bond motifs is 1. The lowest BCUT2D eigenvalue weighted by Gasteiger charge is -2.32. The number of pyridine rings is 1.